The van der Waals surface area contributed by atoms with Crippen LogP contribution in [-0.2, 0) is 16.0 Å². The third kappa shape index (κ3) is 5.67. The number of rotatable bonds is 7. The van der Waals surface area contributed by atoms with Gasteiger partial charge in [0.2, 0.25) is 11.8 Å². The molecule has 1 aromatic rings. The molecule has 0 unspecified atom stereocenters. The van der Waals surface area contributed by atoms with Gasteiger partial charge in [-0.15, -0.1) is 0 Å². The number of primary amides is 2. The van der Waals surface area contributed by atoms with Gasteiger partial charge in [0.05, 0.1) is 13.1 Å². The van der Waals surface area contributed by atoms with Crippen molar-refractivity contribution in [1.82, 2.24) is 4.90 Å². The largest absolute Gasteiger partial charge is 0.369 e. The molecule has 5 nitrogen and oxygen atoms in total. The third-order valence-corrected chi connectivity index (χ3v) is 2.32. The van der Waals surface area contributed by atoms with E-state index < -0.39 is 11.8 Å². The molecule has 5 heteroatoms. The number of nitrogens with two attached hydrogens (primary N) is 2. The smallest absolute Gasteiger partial charge is 0.231 e. The standard InChI is InChI=1S/C12H17N3O2/c13-11(16)8-15(9-12(14)17)7-6-10-4-2-1-3-5-10/h1-5H,6-9H2,(H2,13,16)(H2,14,17). The second kappa shape index (κ2) is 6.65. The van der Waals surface area contributed by atoms with Crippen LogP contribution in [0.25, 0.3) is 0 Å². The summed E-state index contributed by atoms with van der Waals surface area (Å²) in [7, 11) is 0. The van der Waals surface area contributed by atoms with Crippen LogP contribution in [0.3, 0.4) is 0 Å². The Kier molecular flexibility index (Phi) is 5.16. The molecule has 0 aliphatic rings. The maximum absolute atomic E-state index is 10.8. The van der Waals surface area contributed by atoms with Gasteiger partial charge >= 0.3 is 0 Å². The van der Waals surface area contributed by atoms with Crippen LogP contribution in [0.1, 0.15) is 5.56 Å². The Morgan fingerprint density at radius 3 is 2.00 bits per heavy atom. The van der Waals surface area contributed by atoms with Crippen molar-refractivity contribution in [3.63, 3.8) is 0 Å². The number of hydrogen-bond acceptors (Lipinski definition) is 3. The molecule has 0 spiro atoms. The summed E-state index contributed by atoms with van der Waals surface area (Å²) in [5.74, 6) is -0.918. The summed E-state index contributed by atoms with van der Waals surface area (Å²) >= 11 is 0. The van der Waals surface area contributed by atoms with E-state index in [1.807, 2.05) is 30.3 Å². The molecule has 92 valence electrons. The highest BCUT2D eigenvalue weighted by Gasteiger charge is 2.10. The molecule has 0 saturated heterocycles. The number of hydrogen-bond donors (Lipinski definition) is 2. The van der Waals surface area contributed by atoms with Crippen LogP contribution >= 0.6 is 0 Å². The summed E-state index contributed by atoms with van der Waals surface area (Å²) in [6.45, 7) is 0.682. The predicted molar refractivity (Wildman–Crippen MR) is 65.0 cm³/mol. The van der Waals surface area contributed by atoms with Gasteiger partial charge in [-0.25, -0.2) is 0 Å². The predicted octanol–water partition coefficient (Wildman–Crippen LogP) is -0.498. The molecule has 1 aromatic carbocycles. The van der Waals surface area contributed by atoms with E-state index in [9.17, 15) is 9.59 Å². The first-order chi connectivity index (χ1) is 8.08. The third-order valence-electron chi connectivity index (χ3n) is 2.32. The topological polar surface area (TPSA) is 89.4 Å². The van der Waals surface area contributed by atoms with E-state index in [2.05, 4.69) is 0 Å². The van der Waals surface area contributed by atoms with Gasteiger partial charge in [-0.3, -0.25) is 14.5 Å². The average Bonchev–Trinajstić information content (AvgIpc) is 2.26. The van der Waals surface area contributed by atoms with Crippen molar-refractivity contribution in [3.8, 4) is 0 Å². The van der Waals surface area contributed by atoms with Crippen molar-refractivity contribution in [1.29, 1.82) is 0 Å². The molecule has 0 aliphatic heterocycles. The van der Waals surface area contributed by atoms with Gasteiger partial charge < -0.3 is 11.5 Å². The van der Waals surface area contributed by atoms with Gasteiger partial charge in [0.25, 0.3) is 0 Å². The van der Waals surface area contributed by atoms with E-state index in [0.29, 0.717) is 6.54 Å². The number of benzene rings is 1. The fourth-order valence-electron chi connectivity index (χ4n) is 1.59. The Morgan fingerprint density at radius 2 is 1.53 bits per heavy atom. The maximum atomic E-state index is 10.8. The van der Waals surface area contributed by atoms with Crippen LogP contribution in [0.2, 0.25) is 0 Å². The van der Waals surface area contributed by atoms with Gasteiger partial charge in [0, 0.05) is 6.54 Å². The Labute approximate surface area is 100 Å². The lowest BCUT2D eigenvalue weighted by Gasteiger charge is -2.18. The molecule has 0 aromatic heterocycles. The highest BCUT2D eigenvalue weighted by molar-refractivity contribution is 5.79. The second-order valence-corrected chi connectivity index (χ2v) is 3.88. The normalized spacial score (nSPS) is 10.4. The Bertz CT molecular complexity index is 363. The molecule has 4 N–H and O–H groups in total. The van der Waals surface area contributed by atoms with Crippen molar-refractivity contribution in [2.24, 2.45) is 11.5 Å². The van der Waals surface area contributed by atoms with Crippen LogP contribution in [0.4, 0.5) is 0 Å². The lowest BCUT2D eigenvalue weighted by Crippen LogP contribution is -2.40. The summed E-state index contributed by atoms with van der Waals surface area (Å²) < 4.78 is 0. The molecule has 0 atom stereocenters. The average molecular weight is 235 g/mol. The molecule has 0 aliphatic carbocycles. The van der Waals surface area contributed by atoms with E-state index in [0.717, 1.165) is 12.0 Å². The summed E-state index contributed by atoms with van der Waals surface area (Å²) in [5.41, 5.74) is 11.4. The summed E-state index contributed by atoms with van der Waals surface area (Å²) in [5, 5.41) is 0. The first-order valence-corrected chi connectivity index (χ1v) is 5.41. The number of carbonyl (C=O) groups excluding carboxylic acids is 2. The van der Waals surface area contributed by atoms with Gasteiger partial charge in [-0.05, 0) is 12.0 Å². The maximum Gasteiger partial charge on any atom is 0.231 e. The number of nitrogens with zero attached hydrogens (tertiary/aromatic N) is 1. The molecular formula is C12H17N3O2. The minimum Gasteiger partial charge on any atom is -0.369 e. The molecule has 2 amide bonds. The van der Waals surface area contributed by atoms with Gasteiger partial charge in [0.15, 0.2) is 0 Å². The van der Waals surface area contributed by atoms with Gasteiger partial charge in [0.1, 0.15) is 0 Å². The monoisotopic (exact) mass is 235 g/mol. The molecular weight excluding hydrogens is 218 g/mol. The van der Waals surface area contributed by atoms with E-state index in [1.165, 1.54) is 0 Å². The summed E-state index contributed by atoms with van der Waals surface area (Å²) in [6, 6.07) is 9.82. The van der Waals surface area contributed by atoms with E-state index in [1.54, 1.807) is 4.90 Å². The summed E-state index contributed by atoms with van der Waals surface area (Å²) in [4.78, 5) is 23.3. The van der Waals surface area contributed by atoms with Crippen LogP contribution < -0.4 is 11.5 Å². The van der Waals surface area contributed by atoms with Gasteiger partial charge in [-0.2, -0.15) is 0 Å². The fraction of sp³-hybridized carbons (Fsp3) is 0.333. The van der Waals surface area contributed by atoms with Crippen LogP contribution in [0, 0.1) is 0 Å². The van der Waals surface area contributed by atoms with E-state index in [-0.39, 0.29) is 13.1 Å². The lowest BCUT2D eigenvalue weighted by molar-refractivity contribution is -0.121. The zero-order valence-corrected chi connectivity index (χ0v) is 9.63. The van der Waals surface area contributed by atoms with Crippen LogP contribution in [0.15, 0.2) is 30.3 Å². The van der Waals surface area contributed by atoms with Crippen molar-refractivity contribution < 1.29 is 9.59 Å². The summed E-state index contributed by atoms with van der Waals surface area (Å²) in [6.07, 6.45) is 0.751. The highest BCUT2D eigenvalue weighted by atomic mass is 16.2. The molecule has 0 heterocycles. The van der Waals surface area contributed by atoms with Crippen LogP contribution in [-0.4, -0.2) is 36.3 Å². The first kappa shape index (κ1) is 13.2. The number of amides is 2. The molecule has 0 radical (unpaired) electrons. The number of carbonyl (C=O) groups is 2. The molecule has 0 bridgehead atoms. The minimum absolute atomic E-state index is 0.0514. The molecule has 0 fully saturated rings. The Hall–Kier alpha value is -1.88. The SMILES string of the molecule is NC(=O)CN(CCc1ccccc1)CC(N)=O. The van der Waals surface area contributed by atoms with Crippen LogP contribution in [0.5, 0.6) is 0 Å². The minimum atomic E-state index is -0.459. The fourth-order valence-corrected chi connectivity index (χ4v) is 1.59. The molecule has 0 saturated carbocycles. The zero-order valence-electron chi connectivity index (χ0n) is 9.63. The first-order valence-electron chi connectivity index (χ1n) is 5.41. The second-order valence-electron chi connectivity index (χ2n) is 3.88. The van der Waals surface area contributed by atoms with Gasteiger partial charge in [-0.1, -0.05) is 30.3 Å². The van der Waals surface area contributed by atoms with Crippen molar-refractivity contribution in [2.75, 3.05) is 19.6 Å². The Balaban J connectivity index is 2.48. The molecule has 17 heavy (non-hydrogen) atoms. The van der Waals surface area contributed by atoms with E-state index >= 15 is 0 Å². The lowest BCUT2D eigenvalue weighted by atomic mass is 10.1. The van der Waals surface area contributed by atoms with E-state index in [4.69, 9.17) is 11.5 Å². The Morgan fingerprint density at radius 1 is 1.00 bits per heavy atom. The highest BCUT2D eigenvalue weighted by Crippen LogP contribution is 2.01. The quantitative estimate of drug-likeness (QED) is 0.667. The van der Waals surface area contributed by atoms with Crippen molar-refractivity contribution in [2.45, 2.75) is 6.42 Å². The zero-order chi connectivity index (χ0) is 12.7. The molecule has 1 rings (SSSR count). The van der Waals surface area contributed by atoms with Crippen molar-refractivity contribution >= 4 is 11.8 Å². The van der Waals surface area contributed by atoms with Crippen molar-refractivity contribution in [3.05, 3.63) is 35.9 Å².